The molecule has 0 saturated heterocycles. The lowest BCUT2D eigenvalue weighted by Gasteiger charge is -2.19. The van der Waals surface area contributed by atoms with E-state index in [0.717, 1.165) is 23.7 Å². The normalized spacial score (nSPS) is 23.9. The Labute approximate surface area is 125 Å². The molecule has 1 aromatic carbocycles. The van der Waals surface area contributed by atoms with Gasteiger partial charge in [-0.3, -0.25) is 4.79 Å². The molecular weight excluding hydrogens is 324 g/mol. The predicted molar refractivity (Wildman–Crippen MR) is 77.9 cm³/mol. The highest BCUT2D eigenvalue weighted by molar-refractivity contribution is 9.10. The van der Waals surface area contributed by atoms with Gasteiger partial charge >= 0.3 is 0 Å². The van der Waals surface area contributed by atoms with Crippen molar-refractivity contribution in [2.45, 2.75) is 25.3 Å². The first-order chi connectivity index (χ1) is 9.69. The van der Waals surface area contributed by atoms with E-state index in [0.29, 0.717) is 29.5 Å². The third kappa shape index (κ3) is 2.50. The van der Waals surface area contributed by atoms with Crippen LogP contribution in [0, 0.1) is 5.92 Å². The number of hydrogen-bond acceptors (Lipinski definition) is 4. The number of rotatable bonds is 3. The number of carbonyl (C=O) groups is 1. The highest BCUT2D eigenvalue weighted by Crippen LogP contribution is 2.40. The maximum absolute atomic E-state index is 12.3. The lowest BCUT2D eigenvalue weighted by Crippen LogP contribution is -2.39. The van der Waals surface area contributed by atoms with Crippen molar-refractivity contribution in [2.24, 2.45) is 11.7 Å². The highest BCUT2D eigenvalue weighted by Gasteiger charge is 2.28. The van der Waals surface area contributed by atoms with Crippen LogP contribution >= 0.6 is 15.9 Å². The summed E-state index contributed by atoms with van der Waals surface area (Å²) in [4.78, 5) is 12.3. The summed E-state index contributed by atoms with van der Waals surface area (Å²) in [5.41, 5.74) is 6.31. The summed E-state index contributed by atoms with van der Waals surface area (Å²) in [7, 11) is 0. The highest BCUT2D eigenvalue weighted by atomic mass is 79.9. The first-order valence-corrected chi connectivity index (χ1v) is 7.58. The van der Waals surface area contributed by atoms with E-state index in [1.807, 2.05) is 0 Å². The minimum atomic E-state index is -0.0886. The first-order valence-electron chi connectivity index (χ1n) is 6.79. The second-order valence-corrected chi connectivity index (χ2v) is 6.05. The number of ether oxygens (including phenoxy) is 2. The van der Waals surface area contributed by atoms with Crippen molar-refractivity contribution in [3.05, 3.63) is 22.2 Å². The Morgan fingerprint density at radius 3 is 3.05 bits per heavy atom. The molecule has 1 heterocycles. The van der Waals surface area contributed by atoms with Crippen LogP contribution in [0.25, 0.3) is 0 Å². The minimum absolute atomic E-state index is 0.0886. The third-order valence-electron chi connectivity index (χ3n) is 3.97. The summed E-state index contributed by atoms with van der Waals surface area (Å²) in [6.45, 7) is 0.812. The predicted octanol–water partition coefficient (Wildman–Crippen LogP) is 2.04. The second kappa shape index (κ2) is 5.61. The van der Waals surface area contributed by atoms with E-state index in [1.165, 1.54) is 0 Å². The molecule has 0 spiro atoms. The fourth-order valence-corrected chi connectivity index (χ4v) is 3.42. The molecule has 2 unspecified atom stereocenters. The van der Waals surface area contributed by atoms with Crippen LogP contribution in [0.4, 0.5) is 0 Å². The molecule has 1 aliphatic heterocycles. The molecule has 3 rings (SSSR count). The van der Waals surface area contributed by atoms with Gasteiger partial charge < -0.3 is 20.5 Å². The number of fused-ring (bicyclic) bond motifs is 1. The van der Waals surface area contributed by atoms with Crippen LogP contribution in [0.15, 0.2) is 16.6 Å². The Hall–Kier alpha value is -1.27. The largest absolute Gasteiger partial charge is 0.454 e. The van der Waals surface area contributed by atoms with Gasteiger partial charge in [0.05, 0.1) is 4.47 Å². The number of hydrogen-bond donors (Lipinski definition) is 2. The number of nitrogens with two attached hydrogens (primary N) is 1. The van der Waals surface area contributed by atoms with Crippen LogP contribution in [0.2, 0.25) is 0 Å². The van der Waals surface area contributed by atoms with E-state index in [-0.39, 0.29) is 18.7 Å². The Kier molecular flexibility index (Phi) is 3.85. The van der Waals surface area contributed by atoms with Gasteiger partial charge in [0.25, 0.3) is 5.91 Å². The minimum Gasteiger partial charge on any atom is -0.454 e. The van der Waals surface area contributed by atoms with E-state index in [2.05, 4.69) is 21.2 Å². The van der Waals surface area contributed by atoms with Crippen molar-refractivity contribution in [2.75, 3.05) is 13.3 Å². The zero-order valence-corrected chi connectivity index (χ0v) is 12.6. The van der Waals surface area contributed by atoms with Crippen LogP contribution in [0.3, 0.4) is 0 Å². The lowest BCUT2D eigenvalue weighted by molar-refractivity contribution is 0.0928. The zero-order valence-electron chi connectivity index (χ0n) is 11.0. The number of nitrogens with one attached hydrogen (secondary N) is 1. The maximum Gasteiger partial charge on any atom is 0.251 e. The third-order valence-corrected chi connectivity index (χ3v) is 4.56. The molecule has 0 radical (unpaired) electrons. The molecule has 1 aromatic rings. The summed E-state index contributed by atoms with van der Waals surface area (Å²) in [5, 5.41) is 3.08. The molecule has 1 aliphatic carbocycles. The molecule has 2 atom stereocenters. The van der Waals surface area contributed by atoms with Crippen molar-refractivity contribution in [1.29, 1.82) is 0 Å². The molecule has 108 valence electrons. The van der Waals surface area contributed by atoms with Gasteiger partial charge in [-0.05, 0) is 53.4 Å². The van der Waals surface area contributed by atoms with E-state index in [4.69, 9.17) is 15.2 Å². The molecule has 1 saturated carbocycles. The molecule has 5 nitrogen and oxygen atoms in total. The van der Waals surface area contributed by atoms with Gasteiger partial charge in [-0.15, -0.1) is 0 Å². The maximum atomic E-state index is 12.3. The van der Waals surface area contributed by atoms with Crippen molar-refractivity contribution in [1.82, 2.24) is 5.32 Å². The second-order valence-electron chi connectivity index (χ2n) is 5.20. The molecule has 1 fully saturated rings. The van der Waals surface area contributed by atoms with E-state index < -0.39 is 0 Å². The number of carbonyl (C=O) groups excluding carboxylic acids is 1. The van der Waals surface area contributed by atoms with Crippen molar-refractivity contribution in [3.63, 3.8) is 0 Å². The molecule has 6 heteroatoms. The molecule has 0 aromatic heterocycles. The molecule has 20 heavy (non-hydrogen) atoms. The van der Waals surface area contributed by atoms with Crippen LogP contribution in [-0.2, 0) is 0 Å². The summed E-state index contributed by atoms with van der Waals surface area (Å²) < 4.78 is 11.4. The Morgan fingerprint density at radius 2 is 2.25 bits per heavy atom. The Balaban J connectivity index is 1.76. The fourth-order valence-electron chi connectivity index (χ4n) is 2.86. The van der Waals surface area contributed by atoms with Crippen LogP contribution < -0.4 is 20.5 Å². The summed E-state index contributed by atoms with van der Waals surface area (Å²) in [6, 6.07) is 3.65. The zero-order chi connectivity index (χ0) is 14.1. The van der Waals surface area contributed by atoms with Crippen LogP contribution in [-0.4, -0.2) is 25.3 Å². The SMILES string of the molecule is NCC1CCCC1NC(=O)c1cc(Br)c2c(c1)OCO2. The average Bonchev–Trinajstić information content (AvgIpc) is 3.06. The first kappa shape index (κ1) is 13.7. The van der Waals surface area contributed by atoms with Gasteiger partial charge in [0.1, 0.15) is 0 Å². The monoisotopic (exact) mass is 340 g/mol. The van der Waals surface area contributed by atoms with Gasteiger partial charge in [-0.1, -0.05) is 6.42 Å². The van der Waals surface area contributed by atoms with E-state index in [1.54, 1.807) is 12.1 Å². The van der Waals surface area contributed by atoms with Gasteiger partial charge in [0.15, 0.2) is 11.5 Å². The Morgan fingerprint density at radius 1 is 1.40 bits per heavy atom. The van der Waals surface area contributed by atoms with Gasteiger partial charge in [-0.25, -0.2) is 0 Å². The van der Waals surface area contributed by atoms with E-state index in [9.17, 15) is 4.79 Å². The Bertz CT molecular complexity index is 535. The molecule has 1 amide bonds. The number of amides is 1. The summed E-state index contributed by atoms with van der Waals surface area (Å²) >= 11 is 3.40. The summed E-state index contributed by atoms with van der Waals surface area (Å²) in [5.74, 6) is 1.55. The number of halogens is 1. The van der Waals surface area contributed by atoms with Crippen LogP contribution in [0.5, 0.6) is 11.5 Å². The standard InChI is InChI=1S/C14H17BrN2O3/c15-10-4-9(5-12-13(10)20-7-19-12)14(18)17-11-3-1-2-8(11)6-16/h4-5,8,11H,1-3,6-7,16H2,(H,17,18). The topological polar surface area (TPSA) is 73.6 Å². The van der Waals surface area contributed by atoms with Crippen molar-refractivity contribution >= 4 is 21.8 Å². The lowest BCUT2D eigenvalue weighted by atomic mass is 10.0. The molecule has 3 N–H and O–H groups in total. The fraction of sp³-hybridized carbons (Fsp3) is 0.500. The van der Waals surface area contributed by atoms with Crippen molar-refractivity contribution < 1.29 is 14.3 Å². The van der Waals surface area contributed by atoms with Crippen LogP contribution in [0.1, 0.15) is 29.6 Å². The smallest absolute Gasteiger partial charge is 0.251 e. The quantitative estimate of drug-likeness (QED) is 0.882. The van der Waals surface area contributed by atoms with Crippen molar-refractivity contribution in [3.8, 4) is 11.5 Å². The van der Waals surface area contributed by atoms with Gasteiger partial charge in [0.2, 0.25) is 6.79 Å². The number of benzene rings is 1. The van der Waals surface area contributed by atoms with Gasteiger partial charge in [0, 0.05) is 11.6 Å². The molecular formula is C14H17BrN2O3. The molecule has 0 bridgehead atoms. The molecule has 2 aliphatic rings. The van der Waals surface area contributed by atoms with Gasteiger partial charge in [-0.2, -0.15) is 0 Å². The average molecular weight is 341 g/mol. The van der Waals surface area contributed by atoms with E-state index >= 15 is 0 Å². The summed E-state index contributed by atoms with van der Waals surface area (Å²) in [6.07, 6.45) is 3.21.